The summed E-state index contributed by atoms with van der Waals surface area (Å²) in [5.74, 6) is -4.11. The molecule has 8 atom stereocenters. The van der Waals surface area contributed by atoms with Crippen molar-refractivity contribution in [2.45, 2.75) is 113 Å². The highest BCUT2D eigenvalue weighted by Crippen LogP contribution is 2.56. The van der Waals surface area contributed by atoms with Crippen LogP contribution in [-0.2, 0) is 19.2 Å². The zero-order valence-electron chi connectivity index (χ0n) is 31.1. The Bertz CT molecular complexity index is 1180. The molecule has 45 heavy (non-hydrogen) atoms. The van der Waals surface area contributed by atoms with Gasteiger partial charge in [0.25, 0.3) is 5.91 Å². The van der Waals surface area contributed by atoms with Gasteiger partial charge in [-0.05, 0) is 55.9 Å². The minimum Gasteiger partial charge on any atom is -0.389 e. The summed E-state index contributed by atoms with van der Waals surface area (Å²) in [4.78, 5) is 53.1. The molecule has 0 aromatic rings. The van der Waals surface area contributed by atoms with Gasteiger partial charge in [0.2, 0.25) is 5.91 Å². The molecule has 0 aromatic carbocycles. The van der Waals surface area contributed by atoms with Crippen LogP contribution in [0, 0.1) is 45.3 Å². The third-order valence-corrected chi connectivity index (χ3v) is 10.2. The molecule has 0 aliphatic heterocycles. The van der Waals surface area contributed by atoms with Crippen LogP contribution in [0.2, 0.25) is 0 Å². The summed E-state index contributed by atoms with van der Waals surface area (Å²) in [6.45, 7) is 25.5. The molecule has 2 aliphatic carbocycles. The summed E-state index contributed by atoms with van der Waals surface area (Å²) in [6, 6.07) is -1.15. The number of nitrogens with two attached hydrogens (primary N) is 2. The Morgan fingerprint density at radius 1 is 0.733 bits per heavy atom. The lowest BCUT2D eigenvalue weighted by Crippen LogP contribution is -2.72. The Hall–Kier alpha value is -2.14. The van der Waals surface area contributed by atoms with Gasteiger partial charge < -0.3 is 21.7 Å². The van der Waals surface area contributed by atoms with Gasteiger partial charge in [-0.3, -0.25) is 29.0 Å². The molecule has 0 saturated heterocycles. The average Bonchev–Trinajstić information content (AvgIpc) is 2.78. The Labute approximate surface area is 272 Å². The monoisotopic (exact) mass is 636 g/mol. The molecule has 4 unspecified atom stereocenters. The van der Waals surface area contributed by atoms with Crippen molar-refractivity contribution in [1.29, 1.82) is 0 Å². The van der Waals surface area contributed by atoms with Crippen LogP contribution < -0.4 is 11.5 Å². The fourth-order valence-electron chi connectivity index (χ4n) is 8.07. The molecule has 260 valence electrons. The van der Waals surface area contributed by atoms with E-state index in [9.17, 15) is 29.4 Å². The smallest absolute Gasteiger partial charge is 0.252 e. The number of amides is 2. The van der Waals surface area contributed by atoms with Crippen LogP contribution in [-0.4, -0.2) is 94.9 Å². The number of carbonyl (C=O) groups excluding carboxylic acids is 4. The first kappa shape index (κ1) is 40.9. The largest absolute Gasteiger partial charge is 0.389 e. The molecule has 0 bridgehead atoms. The summed E-state index contributed by atoms with van der Waals surface area (Å²) in [7, 11) is 7.21. The number of Topliss-reactive ketones (excluding diaryl/α,β-unsaturated/α-hetero) is 2. The highest BCUT2D eigenvalue weighted by molar-refractivity contribution is 6.21. The van der Waals surface area contributed by atoms with Gasteiger partial charge in [-0.2, -0.15) is 0 Å². The van der Waals surface area contributed by atoms with Crippen LogP contribution in [0.4, 0.5) is 0 Å². The Balaban J connectivity index is 0.000000450. The molecule has 0 aromatic heterocycles. The fourth-order valence-corrected chi connectivity index (χ4v) is 8.07. The number of aliphatic hydroxyl groups is 2. The quantitative estimate of drug-likeness (QED) is 0.270. The molecular weight excluding hydrogens is 572 g/mol. The van der Waals surface area contributed by atoms with Gasteiger partial charge in [0.05, 0.1) is 28.9 Å². The number of likely N-dealkylation sites (N-methyl/N-ethyl adjacent to an activating group) is 2. The van der Waals surface area contributed by atoms with Crippen molar-refractivity contribution < 1.29 is 29.4 Å². The second-order valence-corrected chi connectivity index (χ2v) is 18.0. The van der Waals surface area contributed by atoms with E-state index < -0.39 is 57.8 Å². The highest BCUT2D eigenvalue weighted by Gasteiger charge is 2.65. The van der Waals surface area contributed by atoms with Gasteiger partial charge in [0.1, 0.15) is 5.92 Å². The van der Waals surface area contributed by atoms with Crippen molar-refractivity contribution in [3.8, 4) is 0 Å². The number of ketones is 2. The summed E-state index contributed by atoms with van der Waals surface area (Å²) in [5, 5.41) is 23.3. The maximum absolute atomic E-state index is 13.0. The Kier molecular flexibility index (Phi) is 11.6. The van der Waals surface area contributed by atoms with Crippen molar-refractivity contribution in [1.82, 2.24) is 9.80 Å². The van der Waals surface area contributed by atoms with E-state index in [2.05, 4.69) is 0 Å². The summed E-state index contributed by atoms with van der Waals surface area (Å²) < 4.78 is 0. The molecule has 1 fully saturated rings. The van der Waals surface area contributed by atoms with Crippen LogP contribution in [0.5, 0.6) is 0 Å². The van der Waals surface area contributed by atoms with E-state index in [0.717, 1.165) is 0 Å². The van der Waals surface area contributed by atoms with Crippen molar-refractivity contribution >= 4 is 23.4 Å². The van der Waals surface area contributed by atoms with Gasteiger partial charge in [-0.25, -0.2) is 0 Å². The number of rotatable bonds is 4. The molecule has 0 radical (unpaired) electrons. The number of hydrogen-bond donors (Lipinski definition) is 4. The van der Waals surface area contributed by atoms with Crippen molar-refractivity contribution in [2.24, 2.45) is 56.8 Å². The maximum Gasteiger partial charge on any atom is 0.252 e. The third-order valence-electron chi connectivity index (χ3n) is 10.2. The van der Waals surface area contributed by atoms with Crippen LogP contribution in [0.15, 0.2) is 11.6 Å². The molecule has 2 rings (SSSR count). The molecule has 6 N–H and O–H groups in total. The highest BCUT2D eigenvalue weighted by atomic mass is 16.3. The predicted octanol–water partition coefficient (Wildman–Crippen LogP) is 3.03. The van der Waals surface area contributed by atoms with Crippen LogP contribution >= 0.6 is 0 Å². The van der Waals surface area contributed by atoms with Crippen LogP contribution in [0.25, 0.3) is 0 Å². The summed E-state index contributed by atoms with van der Waals surface area (Å²) >= 11 is 0. The molecule has 0 spiro atoms. The first-order valence-corrected chi connectivity index (χ1v) is 15.9. The van der Waals surface area contributed by atoms with Gasteiger partial charge >= 0.3 is 0 Å². The first-order chi connectivity index (χ1) is 19.7. The van der Waals surface area contributed by atoms with E-state index in [1.165, 1.54) is 6.08 Å². The SMILES string of the molecule is CC1C(C(N)=O)C(=O)[C@@H](N(C)C)C(C(C)(C)C)[C@]1(O)C(C)(C)C.CN(C)[C@@H]1C(=O)C(C(N)=O)=C[C@@](O)(C(C)(C)C)C1C(C)(C)C. The molecule has 1 saturated carbocycles. The van der Waals surface area contributed by atoms with Crippen molar-refractivity contribution in [2.75, 3.05) is 28.2 Å². The standard InChI is InChI=1S/C18H34N2O3.C17H30N2O3/c1-10-11(15(19)22)13(21)12(20(8)9)14(16(2,3)4)18(10,23)17(5,6)7;1-15(2,3)13-11(19(7)8)12(20)10(14(18)21)9-17(13,22)16(4,5)6/h10-12,14,23H,1-9H3,(H2,19,22);9,11,13,22H,1-8H3,(H2,18,21)/t10?,11?,12-,14?,18+;11-,13?,17+/m11/s1. The van der Waals surface area contributed by atoms with Crippen molar-refractivity contribution in [3.05, 3.63) is 11.6 Å². The van der Waals surface area contributed by atoms with Gasteiger partial charge in [0, 0.05) is 17.8 Å². The minimum atomic E-state index is -1.32. The maximum atomic E-state index is 13.0. The van der Waals surface area contributed by atoms with E-state index in [1.807, 2.05) is 102 Å². The van der Waals surface area contributed by atoms with Gasteiger partial charge in [-0.15, -0.1) is 0 Å². The van der Waals surface area contributed by atoms with E-state index >= 15 is 0 Å². The minimum absolute atomic E-state index is 0.100. The number of nitrogens with zero attached hydrogens (tertiary/aromatic N) is 2. The average molecular weight is 637 g/mol. The lowest BCUT2D eigenvalue weighted by Gasteiger charge is -2.61. The molecule has 10 nitrogen and oxygen atoms in total. The molecule has 10 heteroatoms. The lowest BCUT2D eigenvalue weighted by atomic mass is 9.48. The Morgan fingerprint density at radius 2 is 1.13 bits per heavy atom. The third kappa shape index (κ3) is 7.39. The van der Waals surface area contributed by atoms with Crippen LogP contribution in [0.1, 0.15) is 90.0 Å². The van der Waals surface area contributed by atoms with Gasteiger partial charge in [0.15, 0.2) is 11.6 Å². The lowest BCUT2D eigenvalue weighted by molar-refractivity contribution is -0.217. The van der Waals surface area contributed by atoms with Crippen molar-refractivity contribution in [3.63, 3.8) is 0 Å². The second kappa shape index (κ2) is 12.8. The fraction of sp³-hybridized carbons (Fsp3) is 0.829. The first-order valence-electron chi connectivity index (χ1n) is 15.9. The van der Waals surface area contributed by atoms with E-state index in [4.69, 9.17) is 11.5 Å². The Morgan fingerprint density at radius 3 is 1.40 bits per heavy atom. The molecule has 0 heterocycles. The molecule has 2 amide bonds. The zero-order valence-corrected chi connectivity index (χ0v) is 31.1. The van der Waals surface area contributed by atoms with Gasteiger partial charge in [-0.1, -0.05) is 90.0 Å². The second-order valence-electron chi connectivity index (χ2n) is 18.0. The molecular formula is C35H64N4O6. The normalized spacial score (nSPS) is 33.5. The number of hydrogen-bond acceptors (Lipinski definition) is 8. The number of primary amides is 2. The van der Waals surface area contributed by atoms with E-state index in [1.54, 1.807) is 25.9 Å². The van der Waals surface area contributed by atoms with Crippen LogP contribution in [0.3, 0.4) is 0 Å². The number of carbonyl (C=O) groups is 4. The topological polar surface area (TPSA) is 167 Å². The van der Waals surface area contributed by atoms with E-state index in [-0.39, 0.29) is 39.8 Å². The summed E-state index contributed by atoms with van der Waals surface area (Å²) in [6.07, 6.45) is 1.40. The predicted molar refractivity (Wildman–Crippen MR) is 179 cm³/mol. The van der Waals surface area contributed by atoms with E-state index in [0.29, 0.717) is 0 Å². The molecule has 2 aliphatic rings. The zero-order chi connectivity index (χ0) is 36.2. The summed E-state index contributed by atoms with van der Waals surface area (Å²) in [5.41, 5.74) is 6.58.